The van der Waals surface area contributed by atoms with Gasteiger partial charge in [0.15, 0.2) is 11.9 Å². The number of pyridine rings is 1. The summed E-state index contributed by atoms with van der Waals surface area (Å²) in [6.07, 6.45) is 4.39. The molecule has 1 aromatic rings. The van der Waals surface area contributed by atoms with Crippen LogP contribution in [0.25, 0.3) is 0 Å². The van der Waals surface area contributed by atoms with Crippen LogP contribution in [-0.2, 0) is 17.8 Å². The van der Waals surface area contributed by atoms with Crippen molar-refractivity contribution in [3.63, 3.8) is 0 Å². The number of rotatable bonds is 0. The number of ketones is 1. The van der Waals surface area contributed by atoms with Crippen LogP contribution in [0.3, 0.4) is 0 Å². The number of carbonyl (C=O) groups is 1. The topological polar surface area (TPSA) is 20.9 Å². The number of carbonyl (C=O) groups excluding carboxylic acids is 1. The zero-order valence-corrected chi connectivity index (χ0v) is 6.99. The molecule has 1 aromatic heterocycles. The summed E-state index contributed by atoms with van der Waals surface area (Å²) in [5.74, 6) is 0.368. The van der Waals surface area contributed by atoms with Crippen LogP contribution < -0.4 is 4.57 Å². The standard InChI is InChI=1S/C10H12NO/c12-10-5-3-7-11-6-2-1-4-9(11)8-10/h1-2,4,6H,3,5,7-8H2/q+1. The molecule has 1 aliphatic heterocycles. The molecule has 0 saturated carbocycles. The van der Waals surface area contributed by atoms with E-state index in [1.807, 2.05) is 24.4 Å². The third-order valence-electron chi connectivity index (χ3n) is 2.27. The SMILES string of the molecule is O=C1CCC[n+]2ccccc2C1. The molecule has 12 heavy (non-hydrogen) atoms. The molecule has 0 spiro atoms. The van der Waals surface area contributed by atoms with Crippen LogP contribution in [-0.4, -0.2) is 5.78 Å². The molecule has 0 radical (unpaired) electrons. The van der Waals surface area contributed by atoms with Gasteiger partial charge in [-0.3, -0.25) is 4.79 Å². The molecule has 0 aromatic carbocycles. The monoisotopic (exact) mass is 162 g/mol. The van der Waals surface area contributed by atoms with Crippen LogP contribution in [0, 0.1) is 0 Å². The van der Waals surface area contributed by atoms with E-state index in [0.29, 0.717) is 12.2 Å². The smallest absolute Gasteiger partial charge is 0.188 e. The highest BCUT2D eigenvalue weighted by atomic mass is 16.1. The fourth-order valence-electron chi connectivity index (χ4n) is 1.63. The van der Waals surface area contributed by atoms with E-state index in [1.165, 1.54) is 0 Å². The van der Waals surface area contributed by atoms with E-state index in [-0.39, 0.29) is 0 Å². The van der Waals surface area contributed by atoms with Crippen molar-refractivity contribution in [1.29, 1.82) is 0 Å². The van der Waals surface area contributed by atoms with Crippen molar-refractivity contribution in [1.82, 2.24) is 0 Å². The maximum absolute atomic E-state index is 11.2. The molecular formula is C10H12NO+. The Morgan fingerprint density at radius 3 is 3.17 bits per heavy atom. The van der Waals surface area contributed by atoms with Gasteiger partial charge < -0.3 is 0 Å². The first-order valence-electron chi connectivity index (χ1n) is 4.35. The molecule has 0 unspecified atom stereocenters. The van der Waals surface area contributed by atoms with Gasteiger partial charge >= 0.3 is 0 Å². The van der Waals surface area contributed by atoms with Gasteiger partial charge in [-0.2, -0.15) is 0 Å². The molecule has 0 saturated heterocycles. The first kappa shape index (κ1) is 7.47. The van der Waals surface area contributed by atoms with Crippen molar-refractivity contribution in [2.45, 2.75) is 25.8 Å². The predicted molar refractivity (Wildman–Crippen MR) is 44.6 cm³/mol. The lowest BCUT2D eigenvalue weighted by molar-refractivity contribution is -0.702. The molecule has 62 valence electrons. The van der Waals surface area contributed by atoms with Crippen LogP contribution in [0.2, 0.25) is 0 Å². The summed E-state index contributed by atoms with van der Waals surface area (Å²) in [6, 6.07) is 6.03. The Morgan fingerprint density at radius 2 is 2.25 bits per heavy atom. The predicted octanol–water partition coefficient (Wildman–Crippen LogP) is 0.880. The van der Waals surface area contributed by atoms with E-state index in [1.54, 1.807) is 0 Å². The summed E-state index contributed by atoms with van der Waals surface area (Å²) in [6.45, 7) is 0.988. The average Bonchev–Trinajstić information content (AvgIpc) is 2.25. The second kappa shape index (κ2) is 3.05. The van der Waals surface area contributed by atoms with Crippen LogP contribution in [0.5, 0.6) is 0 Å². The molecule has 2 rings (SSSR count). The summed E-state index contributed by atoms with van der Waals surface area (Å²) in [4.78, 5) is 11.2. The Morgan fingerprint density at radius 1 is 1.33 bits per heavy atom. The molecule has 0 bridgehead atoms. The minimum absolute atomic E-state index is 0.368. The zero-order valence-electron chi connectivity index (χ0n) is 6.99. The molecule has 2 heteroatoms. The molecule has 1 aliphatic rings. The highest BCUT2D eigenvalue weighted by molar-refractivity contribution is 5.80. The number of hydrogen-bond acceptors (Lipinski definition) is 1. The lowest BCUT2D eigenvalue weighted by atomic mass is 10.1. The van der Waals surface area contributed by atoms with Crippen molar-refractivity contribution in [2.75, 3.05) is 0 Å². The number of nitrogens with zero attached hydrogens (tertiary/aromatic N) is 1. The largest absolute Gasteiger partial charge is 0.299 e. The second-order valence-corrected chi connectivity index (χ2v) is 3.20. The minimum Gasteiger partial charge on any atom is -0.299 e. The van der Waals surface area contributed by atoms with Gasteiger partial charge in [0.25, 0.3) is 0 Å². The average molecular weight is 162 g/mol. The number of fused-ring (bicyclic) bond motifs is 1. The van der Waals surface area contributed by atoms with Gasteiger partial charge in [-0.1, -0.05) is 6.07 Å². The fraction of sp³-hybridized carbons (Fsp3) is 0.400. The zero-order chi connectivity index (χ0) is 8.39. The number of aromatic nitrogens is 1. The van der Waals surface area contributed by atoms with Gasteiger partial charge in [0.2, 0.25) is 0 Å². The molecule has 2 heterocycles. The van der Waals surface area contributed by atoms with Crippen LogP contribution in [0.15, 0.2) is 24.4 Å². The number of aryl methyl sites for hydroxylation is 1. The highest BCUT2D eigenvalue weighted by Crippen LogP contribution is 2.04. The Kier molecular flexibility index (Phi) is 1.90. The molecule has 0 fully saturated rings. The Labute approximate surface area is 71.8 Å². The maximum Gasteiger partial charge on any atom is 0.188 e. The van der Waals surface area contributed by atoms with Gasteiger partial charge in [0.05, 0.1) is 6.42 Å². The summed E-state index contributed by atoms with van der Waals surface area (Å²) in [5, 5.41) is 0. The van der Waals surface area contributed by atoms with Crippen molar-refractivity contribution in [3.05, 3.63) is 30.1 Å². The van der Waals surface area contributed by atoms with E-state index in [0.717, 1.165) is 25.1 Å². The lowest BCUT2D eigenvalue weighted by Crippen LogP contribution is -2.36. The van der Waals surface area contributed by atoms with Crippen LogP contribution >= 0.6 is 0 Å². The first-order chi connectivity index (χ1) is 5.86. The molecule has 0 atom stereocenters. The van der Waals surface area contributed by atoms with E-state index >= 15 is 0 Å². The van der Waals surface area contributed by atoms with Crippen molar-refractivity contribution < 1.29 is 9.36 Å². The van der Waals surface area contributed by atoms with Crippen LogP contribution in [0.4, 0.5) is 0 Å². The quantitative estimate of drug-likeness (QED) is 0.519. The Balaban J connectivity index is 2.37. The highest BCUT2D eigenvalue weighted by Gasteiger charge is 2.17. The second-order valence-electron chi connectivity index (χ2n) is 3.20. The van der Waals surface area contributed by atoms with Gasteiger partial charge in [-0.15, -0.1) is 0 Å². The lowest BCUT2D eigenvalue weighted by Gasteiger charge is -1.95. The number of hydrogen-bond donors (Lipinski definition) is 0. The van der Waals surface area contributed by atoms with E-state index < -0.39 is 0 Å². The molecule has 0 N–H and O–H groups in total. The third-order valence-corrected chi connectivity index (χ3v) is 2.27. The minimum atomic E-state index is 0.368. The summed E-state index contributed by atoms with van der Waals surface area (Å²) in [7, 11) is 0. The third kappa shape index (κ3) is 1.37. The van der Waals surface area contributed by atoms with E-state index in [9.17, 15) is 4.79 Å². The number of Topliss-reactive ketones (excluding diaryl/α,β-unsaturated/α-hetero) is 1. The summed E-state index contributed by atoms with van der Waals surface area (Å²) >= 11 is 0. The Hall–Kier alpha value is -1.18. The van der Waals surface area contributed by atoms with Gasteiger partial charge in [-0.25, -0.2) is 4.57 Å². The fourth-order valence-corrected chi connectivity index (χ4v) is 1.63. The first-order valence-corrected chi connectivity index (χ1v) is 4.35. The van der Waals surface area contributed by atoms with Crippen LogP contribution in [0.1, 0.15) is 18.5 Å². The van der Waals surface area contributed by atoms with Crippen molar-refractivity contribution in [3.8, 4) is 0 Å². The van der Waals surface area contributed by atoms with Gasteiger partial charge in [0, 0.05) is 25.0 Å². The molecule has 2 nitrogen and oxygen atoms in total. The van der Waals surface area contributed by atoms with Crippen molar-refractivity contribution >= 4 is 5.78 Å². The van der Waals surface area contributed by atoms with Gasteiger partial charge in [-0.05, 0) is 0 Å². The maximum atomic E-state index is 11.2. The summed E-state index contributed by atoms with van der Waals surface area (Å²) in [5.41, 5.74) is 1.15. The molecule has 0 amide bonds. The van der Waals surface area contributed by atoms with E-state index in [2.05, 4.69) is 4.57 Å². The molecular weight excluding hydrogens is 150 g/mol. The normalized spacial score (nSPS) is 16.8. The van der Waals surface area contributed by atoms with Crippen molar-refractivity contribution in [2.24, 2.45) is 0 Å². The Bertz CT molecular complexity index is 306. The van der Waals surface area contributed by atoms with E-state index in [4.69, 9.17) is 0 Å². The molecule has 0 aliphatic carbocycles. The van der Waals surface area contributed by atoms with Gasteiger partial charge in [0.1, 0.15) is 12.3 Å². The summed E-state index contributed by atoms with van der Waals surface area (Å²) < 4.78 is 2.17.